The lowest BCUT2D eigenvalue weighted by atomic mass is 10.1. The lowest BCUT2D eigenvalue weighted by Gasteiger charge is -2.11. The fourth-order valence-electron chi connectivity index (χ4n) is 1.48. The van der Waals surface area contributed by atoms with Gasteiger partial charge in [-0.15, -0.1) is 0 Å². The number of nitrogens with one attached hydrogen (secondary N) is 1. The molecule has 18 heavy (non-hydrogen) atoms. The minimum absolute atomic E-state index is 0.312. The molecule has 5 heteroatoms. The molecule has 0 fully saturated rings. The summed E-state index contributed by atoms with van der Waals surface area (Å²) in [6, 6.07) is 6.88. The van der Waals surface area contributed by atoms with Gasteiger partial charge in [0.25, 0.3) is 0 Å². The highest BCUT2D eigenvalue weighted by Gasteiger charge is 2.14. The molecule has 0 aliphatic rings. The first-order valence-electron chi connectivity index (χ1n) is 6.28. The number of rotatable bonds is 7. The van der Waals surface area contributed by atoms with E-state index >= 15 is 0 Å². The van der Waals surface area contributed by atoms with Gasteiger partial charge in [-0.2, -0.15) is 0 Å². The topological polar surface area (TPSA) is 72.2 Å². The van der Waals surface area contributed by atoms with E-state index in [4.69, 9.17) is 5.73 Å². The summed E-state index contributed by atoms with van der Waals surface area (Å²) in [6.07, 6.45) is 1.72. The van der Waals surface area contributed by atoms with Crippen LogP contribution in [0.15, 0.2) is 29.2 Å². The summed E-state index contributed by atoms with van der Waals surface area (Å²) >= 11 is 0. The second-order valence-corrected chi connectivity index (χ2v) is 6.31. The van der Waals surface area contributed by atoms with Gasteiger partial charge in [0.05, 0.1) is 4.90 Å². The maximum Gasteiger partial charge on any atom is 0.240 e. The van der Waals surface area contributed by atoms with E-state index in [-0.39, 0.29) is 0 Å². The first kappa shape index (κ1) is 15.1. The van der Waals surface area contributed by atoms with Gasteiger partial charge in [0, 0.05) is 6.54 Å². The van der Waals surface area contributed by atoms with Crippen molar-refractivity contribution >= 4 is 10.0 Å². The van der Waals surface area contributed by atoms with Gasteiger partial charge in [0.1, 0.15) is 0 Å². The van der Waals surface area contributed by atoms with Crippen molar-refractivity contribution in [1.82, 2.24) is 4.72 Å². The molecule has 0 aliphatic carbocycles. The first-order chi connectivity index (χ1) is 8.49. The van der Waals surface area contributed by atoms with Gasteiger partial charge in [-0.1, -0.05) is 32.4 Å². The largest absolute Gasteiger partial charge is 0.330 e. The predicted octanol–water partition coefficient (Wildman–Crippen LogP) is 1.51. The van der Waals surface area contributed by atoms with Gasteiger partial charge in [0.2, 0.25) is 10.0 Å². The van der Waals surface area contributed by atoms with Crippen LogP contribution in [0.5, 0.6) is 0 Å². The van der Waals surface area contributed by atoms with Crippen LogP contribution in [-0.4, -0.2) is 21.5 Å². The van der Waals surface area contributed by atoms with E-state index in [1.54, 1.807) is 12.1 Å². The Labute approximate surface area is 110 Å². The molecular weight excluding hydrogens is 248 g/mol. The third kappa shape index (κ3) is 4.40. The van der Waals surface area contributed by atoms with Crippen molar-refractivity contribution in [1.29, 1.82) is 0 Å². The smallest absolute Gasteiger partial charge is 0.240 e. The normalized spacial score (nSPS) is 13.5. The van der Waals surface area contributed by atoms with Crippen molar-refractivity contribution in [2.45, 2.75) is 31.6 Å². The Morgan fingerprint density at radius 1 is 1.28 bits per heavy atom. The van der Waals surface area contributed by atoms with Crippen LogP contribution in [0.3, 0.4) is 0 Å². The number of benzene rings is 1. The number of hydrogen-bond donors (Lipinski definition) is 2. The van der Waals surface area contributed by atoms with Gasteiger partial charge in [0.15, 0.2) is 0 Å². The summed E-state index contributed by atoms with van der Waals surface area (Å²) in [5.74, 6) is 0.344. The average Bonchev–Trinajstić information content (AvgIpc) is 2.37. The zero-order valence-corrected chi connectivity index (χ0v) is 11.8. The average molecular weight is 270 g/mol. The highest BCUT2D eigenvalue weighted by atomic mass is 32.2. The van der Waals surface area contributed by atoms with Crippen LogP contribution in [0.2, 0.25) is 0 Å². The summed E-state index contributed by atoms with van der Waals surface area (Å²) < 4.78 is 26.6. The SMILES string of the molecule is CCC(C)CNS(=O)(=O)c1ccc(CCN)cc1. The molecule has 0 spiro atoms. The Balaban J connectivity index is 2.72. The van der Waals surface area contributed by atoms with Crippen LogP contribution in [0, 0.1) is 5.92 Å². The predicted molar refractivity (Wildman–Crippen MR) is 73.8 cm³/mol. The molecular formula is C13H22N2O2S. The van der Waals surface area contributed by atoms with Crippen molar-refractivity contribution < 1.29 is 8.42 Å². The van der Waals surface area contributed by atoms with Gasteiger partial charge in [-0.3, -0.25) is 0 Å². The molecule has 1 aromatic rings. The van der Waals surface area contributed by atoms with Gasteiger partial charge >= 0.3 is 0 Å². The van der Waals surface area contributed by atoms with Crippen molar-refractivity contribution in [2.75, 3.05) is 13.1 Å². The van der Waals surface area contributed by atoms with Gasteiger partial charge in [-0.05, 0) is 36.6 Å². The van der Waals surface area contributed by atoms with Gasteiger partial charge < -0.3 is 5.73 Å². The molecule has 1 atom stereocenters. The number of sulfonamides is 1. The van der Waals surface area contributed by atoms with E-state index in [0.29, 0.717) is 23.9 Å². The maximum absolute atomic E-state index is 12.0. The zero-order valence-electron chi connectivity index (χ0n) is 11.0. The molecule has 0 aromatic heterocycles. The lowest BCUT2D eigenvalue weighted by molar-refractivity contribution is 0.528. The van der Waals surface area contributed by atoms with Crippen LogP contribution in [0.1, 0.15) is 25.8 Å². The van der Waals surface area contributed by atoms with Crippen molar-refractivity contribution in [3.05, 3.63) is 29.8 Å². The third-order valence-electron chi connectivity index (χ3n) is 2.99. The molecule has 0 radical (unpaired) electrons. The molecule has 0 bridgehead atoms. The van der Waals surface area contributed by atoms with Crippen LogP contribution in [-0.2, 0) is 16.4 Å². The van der Waals surface area contributed by atoms with Crippen LogP contribution in [0.25, 0.3) is 0 Å². The number of nitrogens with two attached hydrogens (primary N) is 1. The maximum atomic E-state index is 12.0. The molecule has 1 aromatic carbocycles. The third-order valence-corrected chi connectivity index (χ3v) is 4.42. The molecule has 0 amide bonds. The van der Waals surface area contributed by atoms with E-state index in [1.165, 1.54) is 0 Å². The standard InChI is InChI=1S/C13H22N2O2S/c1-3-11(2)10-15-18(16,17)13-6-4-12(5-7-13)8-9-14/h4-7,11,15H,3,8-10,14H2,1-2H3. The van der Waals surface area contributed by atoms with E-state index in [9.17, 15) is 8.42 Å². The highest BCUT2D eigenvalue weighted by molar-refractivity contribution is 7.89. The minimum atomic E-state index is -3.38. The summed E-state index contributed by atoms with van der Waals surface area (Å²) in [5, 5.41) is 0. The van der Waals surface area contributed by atoms with Gasteiger partial charge in [-0.25, -0.2) is 13.1 Å². The van der Waals surface area contributed by atoms with Crippen LogP contribution in [0.4, 0.5) is 0 Å². The Kier molecular flexibility index (Phi) is 5.78. The molecule has 0 saturated heterocycles. The van der Waals surface area contributed by atoms with Crippen molar-refractivity contribution in [3.63, 3.8) is 0 Å². The van der Waals surface area contributed by atoms with Crippen LogP contribution >= 0.6 is 0 Å². The fraction of sp³-hybridized carbons (Fsp3) is 0.538. The van der Waals surface area contributed by atoms with E-state index in [2.05, 4.69) is 4.72 Å². The molecule has 0 saturated carbocycles. The quantitative estimate of drug-likeness (QED) is 0.789. The monoisotopic (exact) mass is 270 g/mol. The number of hydrogen-bond acceptors (Lipinski definition) is 3. The van der Waals surface area contributed by atoms with Crippen molar-refractivity contribution in [3.8, 4) is 0 Å². The second kappa shape index (κ2) is 6.87. The second-order valence-electron chi connectivity index (χ2n) is 4.55. The highest BCUT2D eigenvalue weighted by Crippen LogP contribution is 2.11. The molecule has 1 unspecified atom stereocenters. The minimum Gasteiger partial charge on any atom is -0.330 e. The summed E-state index contributed by atoms with van der Waals surface area (Å²) in [6.45, 7) is 5.11. The zero-order chi connectivity index (χ0) is 13.6. The fourth-order valence-corrected chi connectivity index (χ4v) is 2.65. The summed E-state index contributed by atoms with van der Waals surface area (Å²) in [7, 11) is -3.38. The molecule has 3 N–H and O–H groups in total. The Morgan fingerprint density at radius 2 is 1.89 bits per heavy atom. The molecule has 1 rings (SSSR count). The molecule has 0 aliphatic heterocycles. The summed E-state index contributed by atoms with van der Waals surface area (Å²) in [5.41, 5.74) is 6.50. The Bertz CT molecular complexity index is 454. The Morgan fingerprint density at radius 3 is 2.39 bits per heavy atom. The molecule has 4 nitrogen and oxygen atoms in total. The van der Waals surface area contributed by atoms with E-state index in [1.807, 2.05) is 26.0 Å². The lowest BCUT2D eigenvalue weighted by Crippen LogP contribution is -2.28. The molecule has 102 valence electrons. The van der Waals surface area contributed by atoms with Crippen LogP contribution < -0.4 is 10.5 Å². The Hall–Kier alpha value is -0.910. The van der Waals surface area contributed by atoms with Crippen molar-refractivity contribution in [2.24, 2.45) is 11.7 Å². The van der Waals surface area contributed by atoms with E-state index in [0.717, 1.165) is 18.4 Å². The molecule has 0 heterocycles. The van der Waals surface area contributed by atoms with E-state index < -0.39 is 10.0 Å². The first-order valence-corrected chi connectivity index (χ1v) is 7.76. The summed E-state index contributed by atoms with van der Waals surface area (Å²) in [4.78, 5) is 0.312.